The molecule has 0 bridgehead atoms. The first-order chi connectivity index (χ1) is 14.9. The van der Waals surface area contributed by atoms with Crippen molar-refractivity contribution in [2.75, 3.05) is 26.2 Å². The van der Waals surface area contributed by atoms with Gasteiger partial charge >= 0.3 is 5.69 Å². The summed E-state index contributed by atoms with van der Waals surface area (Å²) in [4.78, 5) is 24.8. The van der Waals surface area contributed by atoms with E-state index in [4.69, 9.17) is 0 Å². The van der Waals surface area contributed by atoms with Crippen LogP contribution >= 0.6 is 0 Å². The molecule has 0 saturated carbocycles. The van der Waals surface area contributed by atoms with Gasteiger partial charge in [-0.3, -0.25) is 19.6 Å². The van der Waals surface area contributed by atoms with Crippen LogP contribution < -0.4 is 0 Å². The lowest BCUT2D eigenvalue weighted by Crippen LogP contribution is -2.50. The third kappa shape index (κ3) is 4.40. The Balaban J connectivity index is 1.66. The lowest BCUT2D eigenvalue weighted by atomic mass is 9.95. The summed E-state index contributed by atoms with van der Waals surface area (Å²) in [5.41, 5.74) is 4.51. The smallest absolute Gasteiger partial charge is 0.306 e. The molecular formula is C21H29N5O5S. The SMILES string of the molecule is Cc1c(C)c(C)c(S(=O)(=O)N2CCN(C(=O)CCn3cc([N+](=O)[O-])cn3)CC2)c(C)c1C. The minimum absolute atomic E-state index is 0.122. The second-order valence-electron chi connectivity index (χ2n) is 8.21. The van der Waals surface area contributed by atoms with Crippen molar-refractivity contribution in [2.24, 2.45) is 0 Å². The maximum absolute atomic E-state index is 13.4. The fourth-order valence-corrected chi connectivity index (χ4v) is 6.08. The van der Waals surface area contributed by atoms with Crippen molar-refractivity contribution in [1.82, 2.24) is 19.0 Å². The van der Waals surface area contributed by atoms with E-state index >= 15 is 0 Å². The van der Waals surface area contributed by atoms with E-state index in [0.717, 1.165) is 34.0 Å². The lowest BCUT2D eigenvalue weighted by Gasteiger charge is -2.35. The number of carbonyl (C=O) groups is 1. The van der Waals surface area contributed by atoms with Crippen LogP contribution in [0.15, 0.2) is 17.3 Å². The Hall–Kier alpha value is -2.79. The van der Waals surface area contributed by atoms with Crippen molar-refractivity contribution in [3.8, 4) is 0 Å². The predicted molar refractivity (Wildman–Crippen MR) is 119 cm³/mol. The average molecular weight is 464 g/mol. The van der Waals surface area contributed by atoms with Crippen LogP contribution in [0.3, 0.4) is 0 Å². The summed E-state index contributed by atoms with van der Waals surface area (Å²) in [5.74, 6) is -0.130. The van der Waals surface area contributed by atoms with Gasteiger partial charge in [0.05, 0.1) is 9.82 Å². The second kappa shape index (κ2) is 8.99. The molecule has 0 spiro atoms. The monoisotopic (exact) mass is 463 g/mol. The van der Waals surface area contributed by atoms with Gasteiger partial charge in [0.15, 0.2) is 0 Å². The molecule has 3 rings (SSSR count). The average Bonchev–Trinajstić information content (AvgIpc) is 3.24. The van der Waals surface area contributed by atoms with Gasteiger partial charge < -0.3 is 4.90 Å². The molecule has 1 aliphatic rings. The molecule has 0 radical (unpaired) electrons. The fourth-order valence-electron chi connectivity index (χ4n) is 4.10. The molecule has 2 heterocycles. The van der Waals surface area contributed by atoms with E-state index in [1.54, 1.807) is 4.90 Å². The molecular weight excluding hydrogens is 434 g/mol. The highest BCUT2D eigenvalue weighted by molar-refractivity contribution is 7.89. The number of carbonyl (C=O) groups excluding carboxylic acids is 1. The predicted octanol–water partition coefficient (Wildman–Crippen LogP) is 2.26. The van der Waals surface area contributed by atoms with Crippen LogP contribution in [0.2, 0.25) is 0 Å². The highest BCUT2D eigenvalue weighted by atomic mass is 32.2. The van der Waals surface area contributed by atoms with Crippen LogP contribution in [-0.4, -0.2) is 64.4 Å². The molecule has 174 valence electrons. The Labute approximate surface area is 188 Å². The fraction of sp³-hybridized carbons (Fsp3) is 0.524. The number of aromatic nitrogens is 2. The largest absolute Gasteiger partial charge is 0.340 e. The molecule has 1 amide bonds. The molecule has 0 atom stereocenters. The van der Waals surface area contributed by atoms with E-state index in [9.17, 15) is 23.3 Å². The minimum atomic E-state index is -3.68. The van der Waals surface area contributed by atoms with Gasteiger partial charge in [0, 0.05) is 39.1 Å². The van der Waals surface area contributed by atoms with Crippen molar-refractivity contribution in [1.29, 1.82) is 0 Å². The molecule has 1 aliphatic heterocycles. The summed E-state index contributed by atoms with van der Waals surface area (Å²) in [5, 5.41) is 14.6. The summed E-state index contributed by atoms with van der Waals surface area (Å²) in [7, 11) is -3.68. The molecule has 2 aromatic rings. The zero-order valence-electron chi connectivity index (χ0n) is 19.1. The van der Waals surface area contributed by atoms with E-state index in [1.165, 1.54) is 15.2 Å². The van der Waals surface area contributed by atoms with Gasteiger partial charge in [0.1, 0.15) is 12.4 Å². The molecule has 0 N–H and O–H groups in total. The van der Waals surface area contributed by atoms with Crippen molar-refractivity contribution in [3.63, 3.8) is 0 Å². The Morgan fingerprint density at radius 2 is 1.53 bits per heavy atom. The standard InChI is InChI=1S/C21H29N5O5S/c1-14-15(2)17(4)21(18(5)16(14)3)32(30,31)25-10-8-23(9-11-25)20(27)6-7-24-13-19(12-22-24)26(28)29/h12-13H,6-11H2,1-5H3. The quantitative estimate of drug-likeness (QED) is 0.479. The molecule has 1 aromatic heterocycles. The van der Waals surface area contributed by atoms with E-state index in [-0.39, 0.29) is 37.6 Å². The van der Waals surface area contributed by atoms with Crippen LogP contribution in [0.5, 0.6) is 0 Å². The number of nitro groups is 1. The van der Waals surface area contributed by atoms with Crippen LogP contribution in [0.25, 0.3) is 0 Å². The molecule has 1 fully saturated rings. The summed E-state index contributed by atoms with van der Waals surface area (Å²) in [6.07, 6.45) is 2.57. The summed E-state index contributed by atoms with van der Waals surface area (Å²) in [6, 6.07) is 0. The Bertz CT molecular complexity index is 1130. The van der Waals surface area contributed by atoms with Crippen LogP contribution in [0.1, 0.15) is 34.2 Å². The van der Waals surface area contributed by atoms with E-state index in [2.05, 4.69) is 5.10 Å². The highest BCUT2D eigenvalue weighted by Gasteiger charge is 2.33. The number of rotatable bonds is 6. The topological polar surface area (TPSA) is 119 Å². The van der Waals surface area contributed by atoms with Gasteiger partial charge in [0.2, 0.25) is 15.9 Å². The van der Waals surface area contributed by atoms with E-state index in [0.29, 0.717) is 18.0 Å². The Morgan fingerprint density at radius 3 is 2.03 bits per heavy atom. The molecule has 11 heteroatoms. The highest BCUT2D eigenvalue weighted by Crippen LogP contribution is 2.32. The number of hydrogen-bond donors (Lipinski definition) is 0. The van der Waals surface area contributed by atoms with E-state index in [1.807, 2.05) is 34.6 Å². The first-order valence-electron chi connectivity index (χ1n) is 10.5. The number of nitrogens with zero attached hydrogens (tertiary/aromatic N) is 5. The molecule has 0 unspecified atom stereocenters. The second-order valence-corrected chi connectivity index (χ2v) is 10.1. The number of sulfonamides is 1. The molecule has 0 aliphatic carbocycles. The summed E-state index contributed by atoms with van der Waals surface area (Å²) >= 11 is 0. The van der Waals surface area contributed by atoms with Gasteiger partial charge in [-0.2, -0.15) is 9.40 Å². The molecule has 10 nitrogen and oxygen atoms in total. The zero-order chi connectivity index (χ0) is 23.8. The van der Waals surface area contributed by atoms with Gasteiger partial charge in [-0.15, -0.1) is 0 Å². The zero-order valence-corrected chi connectivity index (χ0v) is 19.9. The number of hydrogen-bond acceptors (Lipinski definition) is 6. The lowest BCUT2D eigenvalue weighted by molar-refractivity contribution is -0.385. The van der Waals surface area contributed by atoms with Crippen molar-refractivity contribution < 1.29 is 18.1 Å². The van der Waals surface area contributed by atoms with Crippen LogP contribution in [-0.2, 0) is 21.4 Å². The first kappa shape index (κ1) is 23.9. The Morgan fingerprint density at radius 1 is 1.00 bits per heavy atom. The number of aryl methyl sites for hydroxylation is 1. The maximum atomic E-state index is 13.4. The van der Waals surface area contributed by atoms with Crippen LogP contribution in [0, 0.1) is 44.7 Å². The number of benzene rings is 1. The van der Waals surface area contributed by atoms with Gasteiger partial charge in [-0.1, -0.05) is 0 Å². The minimum Gasteiger partial charge on any atom is -0.340 e. The molecule has 32 heavy (non-hydrogen) atoms. The molecule has 1 saturated heterocycles. The number of piperazine rings is 1. The van der Waals surface area contributed by atoms with Crippen molar-refractivity contribution in [3.05, 3.63) is 50.3 Å². The number of amides is 1. The van der Waals surface area contributed by atoms with Crippen molar-refractivity contribution >= 4 is 21.6 Å². The third-order valence-electron chi connectivity index (χ3n) is 6.51. The summed E-state index contributed by atoms with van der Waals surface area (Å²) < 4.78 is 29.7. The van der Waals surface area contributed by atoms with Gasteiger partial charge in [-0.25, -0.2) is 8.42 Å². The normalized spacial score (nSPS) is 15.2. The van der Waals surface area contributed by atoms with E-state index < -0.39 is 14.9 Å². The van der Waals surface area contributed by atoms with Gasteiger partial charge in [0.25, 0.3) is 0 Å². The van der Waals surface area contributed by atoms with Crippen molar-refractivity contribution in [2.45, 2.75) is 52.5 Å². The van der Waals surface area contributed by atoms with Gasteiger partial charge in [-0.05, 0) is 62.4 Å². The summed E-state index contributed by atoms with van der Waals surface area (Å²) in [6.45, 7) is 10.9. The first-order valence-corrected chi connectivity index (χ1v) is 11.9. The Kier molecular flexibility index (Phi) is 6.70. The third-order valence-corrected chi connectivity index (χ3v) is 8.68. The maximum Gasteiger partial charge on any atom is 0.306 e. The van der Waals surface area contributed by atoms with Crippen LogP contribution in [0.4, 0.5) is 5.69 Å². The molecule has 1 aromatic carbocycles.